The highest BCUT2D eigenvalue weighted by molar-refractivity contribution is 5.89. The number of rotatable bonds is 3. The van der Waals surface area contributed by atoms with Crippen LogP contribution >= 0.6 is 0 Å². The molecule has 0 aromatic rings. The summed E-state index contributed by atoms with van der Waals surface area (Å²) in [6.07, 6.45) is 0.409. The molecule has 1 heterocycles. The number of aliphatic carboxylic acids is 1. The summed E-state index contributed by atoms with van der Waals surface area (Å²) in [5.74, 6) is -1.42. The van der Waals surface area contributed by atoms with Crippen LogP contribution in [0, 0.1) is 0 Å². The van der Waals surface area contributed by atoms with E-state index in [1.54, 1.807) is 20.8 Å². The number of nitrogens with zero attached hydrogens (tertiary/aromatic N) is 1. The lowest BCUT2D eigenvalue weighted by Crippen LogP contribution is -2.51. The summed E-state index contributed by atoms with van der Waals surface area (Å²) < 4.78 is 5.06. The van der Waals surface area contributed by atoms with Crippen LogP contribution in [0.25, 0.3) is 0 Å². The molecule has 0 aliphatic carbocycles. The molecule has 0 aromatic heterocycles. The molecular formula is C13H22N2O5. The van der Waals surface area contributed by atoms with Gasteiger partial charge in [0.2, 0.25) is 5.91 Å². The number of carboxylic acids is 1. The Morgan fingerprint density at radius 2 is 1.95 bits per heavy atom. The number of amides is 2. The predicted octanol–water partition coefficient (Wildman–Crippen LogP) is 0.975. The van der Waals surface area contributed by atoms with Crippen LogP contribution in [-0.4, -0.2) is 52.2 Å². The summed E-state index contributed by atoms with van der Waals surface area (Å²) in [4.78, 5) is 36.1. The Kier molecular flexibility index (Phi) is 4.97. The van der Waals surface area contributed by atoms with E-state index in [4.69, 9.17) is 9.84 Å². The number of nitrogens with one attached hydrogen (secondary N) is 1. The maximum atomic E-state index is 12.2. The summed E-state index contributed by atoms with van der Waals surface area (Å²) >= 11 is 0. The van der Waals surface area contributed by atoms with E-state index < -0.39 is 35.7 Å². The average Bonchev–Trinajstić information content (AvgIpc) is 2.73. The van der Waals surface area contributed by atoms with Gasteiger partial charge < -0.3 is 20.1 Å². The second-order valence-electron chi connectivity index (χ2n) is 5.90. The number of likely N-dealkylation sites (tertiary alicyclic amines) is 1. The van der Waals surface area contributed by atoms with Gasteiger partial charge in [0.1, 0.15) is 17.7 Å². The van der Waals surface area contributed by atoms with Gasteiger partial charge in [0, 0.05) is 6.54 Å². The Balaban J connectivity index is 2.59. The highest BCUT2D eigenvalue weighted by Crippen LogP contribution is 2.18. The smallest absolute Gasteiger partial charge is 0.408 e. The fourth-order valence-electron chi connectivity index (χ4n) is 2.08. The number of alkyl carbamates (subject to hydrolysis) is 1. The van der Waals surface area contributed by atoms with Crippen molar-refractivity contribution in [3.8, 4) is 0 Å². The Morgan fingerprint density at radius 3 is 2.45 bits per heavy atom. The maximum absolute atomic E-state index is 12.2. The normalized spacial score (nSPS) is 20.4. The molecule has 2 N–H and O–H groups in total. The van der Waals surface area contributed by atoms with Crippen LogP contribution in [-0.2, 0) is 14.3 Å². The van der Waals surface area contributed by atoms with Crippen molar-refractivity contribution in [1.29, 1.82) is 0 Å². The average molecular weight is 286 g/mol. The molecule has 7 nitrogen and oxygen atoms in total. The summed E-state index contributed by atoms with van der Waals surface area (Å²) in [6, 6.07) is -1.62. The van der Waals surface area contributed by atoms with Crippen molar-refractivity contribution < 1.29 is 24.2 Å². The summed E-state index contributed by atoms with van der Waals surface area (Å²) in [5.41, 5.74) is -0.649. The third-order valence-electron chi connectivity index (χ3n) is 2.92. The third-order valence-corrected chi connectivity index (χ3v) is 2.92. The van der Waals surface area contributed by atoms with Crippen molar-refractivity contribution in [1.82, 2.24) is 10.2 Å². The van der Waals surface area contributed by atoms with Gasteiger partial charge in [-0.2, -0.15) is 0 Å². The Bertz CT molecular complexity index is 402. The maximum Gasteiger partial charge on any atom is 0.408 e. The number of hydrogen-bond donors (Lipinski definition) is 2. The number of ether oxygens (including phenoxy) is 1. The molecule has 7 heteroatoms. The first-order valence-corrected chi connectivity index (χ1v) is 6.64. The molecule has 0 saturated carbocycles. The van der Waals surface area contributed by atoms with Crippen LogP contribution in [0.1, 0.15) is 40.5 Å². The number of carbonyl (C=O) groups excluding carboxylic acids is 2. The molecule has 114 valence electrons. The van der Waals surface area contributed by atoms with Crippen molar-refractivity contribution in [2.45, 2.75) is 58.2 Å². The van der Waals surface area contributed by atoms with Gasteiger partial charge in [-0.3, -0.25) is 4.79 Å². The molecular weight excluding hydrogens is 264 g/mol. The van der Waals surface area contributed by atoms with Gasteiger partial charge in [-0.1, -0.05) is 0 Å². The standard InChI is InChI=1S/C13H22N2O5/c1-8(14-12(19)20-13(2,3)4)10(16)15-7-5-6-9(15)11(17)18/h8-9H,5-7H2,1-4H3,(H,14,19)(H,17,18)/t8-,9?/m0/s1. The first-order chi connectivity index (χ1) is 9.11. The van der Waals surface area contributed by atoms with Gasteiger partial charge in [0.05, 0.1) is 0 Å². The lowest BCUT2D eigenvalue weighted by atomic mass is 10.2. The summed E-state index contributed by atoms with van der Waals surface area (Å²) in [7, 11) is 0. The van der Waals surface area contributed by atoms with E-state index in [9.17, 15) is 14.4 Å². The topological polar surface area (TPSA) is 95.9 Å². The minimum Gasteiger partial charge on any atom is -0.480 e. The molecule has 0 aromatic carbocycles. The zero-order valence-electron chi connectivity index (χ0n) is 12.3. The molecule has 20 heavy (non-hydrogen) atoms. The van der Waals surface area contributed by atoms with Crippen LogP contribution in [0.15, 0.2) is 0 Å². The molecule has 2 amide bonds. The van der Waals surface area contributed by atoms with E-state index in [0.29, 0.717) is 19.4 Å². The van der Waals surface area contributed by atoms with Crippen LogP contribution in [0.4, 0.5) is 4.79 Å². The van der Waals surface area contributed by atoms with Crippen LogP contribution in [0.5, 0.6) is 0 Å². The fraction of sp³-hybridized carbons (Fsp3) is 0.769. The third kappa shape index (κ3) is 4.40. The summed E-state index contributed by atoms with van der Waals surface area (Å²) in [6.45, 7) is 7.08. The number of hydrogen-bond acceptors (Lipinski definition) is 4. The Labute approximate surface area is 118 Å². The largest absolute Gasteiger partial charge is 0.480 e. The second-order valence-corrected chi connectivity index (χ2v) is 5.90. The van der Waals surface area contributed by atoms with Gasteiger partial charge in [-0.15, -0.1) is 0 Å². The molecule has 1 fully saturated rings. The van der Waals surface area contributed by atoms with E-state index in [1.165, 1.54) is 11.8 Å². The lowest BCUT2D eigenvalue weighted by Gasteiger charge is -2.26. The molecule has 1 unspecified atom stereocenters. The zero-order chi connectivity index (χ0) is 15.5. The first kappa shape index (κ1) is 16.3. The fourth-order valence-corrected chi connectivity index (χ4v) is 2.08. The van der Waals surface area contributed by atoms with Gasteiger partial charge in [-0.25, -0.2) is 9.59 Å². The molecule has 0 spiro atoms. The van der Waals surface area contributed by atoms with E-state index in [-0.39, 0.29) is 0 Å². The van der Waals surface area contributed by atoms with Crippen LogP contribution < -0.4 is 5.32 Å². The lowest BCUT2D eigenvalue weighted by molar-refractivity contribution is -0.148. The minimum atomic E-state index is -1.01. The van der Waals surface area contributed by atoms with Crippen molar-refractivity contribution in [3.05, 3.63) is 0 Å². The highest BCUT2D eigenvalue weighted by atomic mass is 16.6. The van der Waals surface area contributed by atoms with E-state index in [1.807, 2.05) is 0 Å². The molecule has 1 aliphatic rings. The van der Waals surface area contributed by atoms with Crippen molar-refractivity contribution in [2.75, 3.05) is 6.54 Å². The zero-order valence-corrected chi connectivity index (χ0v) is 12.3. The molecule has 0 bridgehead atoms. The quantitative estimate of drug-likeness (QED) is 0.806. The van der Waals surface area contributed by atoms with Gasteiger partial charge in [-0.05, 0) is 40.5 Å². The molecule has 1 aliphatic heterocycles. The van der Waals surface area contributed by atoms with Crippen LogP contribution in [0.2, 0.25) is 0 Å². The van der Waals surface area contributed by atoms with E-state index in [2.05, 4.69) is 5.32 Å². The van der Waals surface area contributed by atoms with Gasteiger partial charge in [0.25, 0.3) is 0 Å². The molecule has 1 saturated heterocycles. The van der Waals surface area contributed by atoms with Crippen molar-refractivity contribution in [3.63, 3.8) is 0 Å². The van der Waals surface area contributed by atoms with Crippen molar-refractivity contribution in [2.24, 2.45) is 0 Å². The second kappa shape index (κ2) is 6.11. The van der Waals surface area contributed by atoms with Gasteiger partial charge >= 0.3 is 12.1 Å². The molecule has 1 rings (SSSR count). The highest BCUT2D eigenvalue weighted by Gasteiger charge is 2.36. The van der Waals surface area contributed by atoms with Crippen molar-refractivity contribution >= 4 is 18.0 Å². The molecule has 0 radical (unpaired) electrons. The monoisotopic (exact) mass is 286 g/mol. The van der Waals surface area contributed by atoms with Gasteiger partial charge in [0.15, 0.2) is 0 Å². The van der Waals surface area contributed by atoms with E-state index >= 15 is 0 Å². The van der Waals surface area contributed by atoms with Crippen LogP contribution in [0.3, 0.4) is 0 Å². The first-order valence-electron chi connectivity index (χ1n) is 6.64. The SMILES string of the molecule is C[C@H](NC(=O)OC(C)(C)C)C(=O)N1CCCC1C(=O)O. The summed E-state index contributed by atoms with van der Waals surface area (Å²) in [5, 5.41) is 11.5. The Hall–Kier alpha value is -1.79. The minimum absolute atomic E-state index is 0.399. The molecule has 2 atom stereocenters. The number of carboxylic acid groups (broad SMARTS) is 1. The Morgan fingerprint density at radius 1 is 1.35 bits per heavy atom. The number of carbonyl (C=O) groups is 3. The predicted molar refractivity (Wildman–Crippen MR) is 71.2 cm³/mol. The van der Waals surface area contributed by atoms with E-state index in [0.717, 1.165) is 0 Å².